The summed E-state index contributed by atoms with van der Waals surface area (Å²) in [4.78, 5) is 77.3. The third kappa shape index (κ3) is 9.91. The van der Waals surface area contributed by atoms with E-state index in [2.05, 4.69) is 16.0 Å². The second kappa shape index (κ2) is 15.7. The Morgan fingerprint density at radius 2 is 1.40 bits per heavy atom. The minimum atomic E-state index is -1.43. The first kappa shape index (κ1) is 37.1. The molecular formula is C37H42N4O9. The van der Waals surface area contributed by atoms with Gasteiger partial charge in [-0.25, -0.2) is 9.59 Å². The maximum atomic E-state index is 13.7. The first-order chi connectivity index (χ1) is 23.5. The van der Waals surface area contributed by atoms with Gasteiger partial charge in [0.15, 0.2) is 0 Å². The molecular weight excluding hydrogens is 644 g/mol. The van der Waals surface area contributed by atoms with E-state index in [1.54, 1.807) is 54.6 Å². The Hall–Kier alpha value is -5.72. The van der Waals surface area contributed by atoms with Gasteiger partial charge in [0.1, 0.15) is 23.9 Å². The van der Waals surface area contributed by atoms with E-state index in [4.69, 9.17) is 0 Å². The van der Waals surface area contributed by atoms with Gasteiger partial charge in [0, 0.05) is 38.4 Å². The Balaban J connectivity index is 1.49. The zero-order valence-electron chi connectivity index (χ0n) is 28.4. The Morgan fingerprint density at radius 3 is 1.94 bits per heavy atom. The minimum absolute atomic E-state index is 0.0580. The summed E-state index contributed by atoms with van der Waals surface area (Å²) in [5.74, 6) is -4.35. The predicted molar refractivity (Wildman–Crippen MR) is 183 cm³/mol. The summed E-state index contributed by atoms with van der Waals surface area (Å²) in [5, 5.41) is 37.3. The van der Waals surface area contributed by atoms with Crippen LogP contribution in [0.5, 0.6) is 5.75 Å². The summed E-state index contributed by atoms with van der Waals surface area (Å²) >= 11 is 0. The molecule has 50 heavy (non-hydrogen) atoms. The van der Waals surface area contributed by atoms with E-state index >= 15 is 0 Å². The molecule has 0 saturated carbocycles. The lowest BCUT2D eigenvalue weighted by Crippen LogP contribution is -2.47. The molecule has 0 saturated heterocycles. The third-order valence-corrected chi connectivity index (χ3v) is 8.23. The lowest BCUT2D eigenvalue weighted by atomic mass is 9.91. The van der Waals surface area contributed by atoms with Crippen molar-refractivity contribution in [2.24, 2.45) is 5.41 Å². The highest BCUT2D eigenvalue weighted by Crippen LogP contribution is 2.36. The average Bonchev–Trinajstić information content (AvgIpc) is 3.40. The number of aliphatic carboxylic acids is 2. The second-order valence-electron chi connectivity index (χ2n) is 13.6. The Labute approximate surface area is 289 Å². The van der Waals surface area contributed by atoms with Crippen LogP contribution in [0.1, 0.15) is 68.0 Å². The summed E-state index contributed by atoms with van der Waals surface area (Å²) in [6.07, 6.45) is -0.122. The number of phenolic OH excluding ortho intramolecular Hbond substituents is 1. The lowest BCUT2D eigenvalue weighted by Gasteiger charge is -2.25. The van der Waals surface area contributed by atoms with Crippen LogP contribution >= 0.6 is 0 Å². The number of fused-ring (bicyclic) bond motifs is 1. The number of rotatable bonds is 13. The quantitative estimate of drug-likeness (QED) is 0.156. The zero-order chi connectivity index (χ0) is 36.7. The number of carboxylic acid groups (broad SMARTS) is 2. The second-order valence-corrected chi connectivity index (χ2v) is 13.6. The van der Waals surface area contributed by atoms with Crippen molar-refractivity contribution in [2.75, 3.05) is 5.32 Å². The summed E-state index contributed by atoms with van der Waals surface area (Å²) in [6, 6.07) is 13.9. The van der Waals surface area contributed by atoms with Crippen LogP contribution in [-0.4, -0.2) is 67.9 Å². The van der Waals surface area contributed by atoms with Gasteiger partial charge in [0.2, 0.25) is 23.6 Å². The number of carbonyl (C=O) groups excluding carboxylic acids is 4. The van der Waals surface area contributed by atoms with Crippen LogP contribution in [0.15, 0.2) is 66.7 Å². The molecule has 6 N–H and O–H groups in total. The number of amides is 4. The molecule has 0 spiro atoms. The number of benzene rings is 3. The standard InChI is InChI=1S/C37H42N4O9/c1-21(42)41-20-25-16-26(38-31(44)15-22-9-12-27(43)13-10-22)11-14-28(25)33(41)34(46)40-30(36(49)50)18-24-8-6-5-7-23(24)17-29(35(47)48)39-32(45)19-37(2,3)4/h5-14,16,29-30,33,43H,15,17-20H2,1-4H3,(H,38,44)(H,39,45)(H,40,46)(H,47,48)(H,49,50). The van der Waals surface area contributed by atoms with Gasteiger partial charge in [-0.2, -0.15) is 0 Å². The molecule has 3 unspecified atom stereocenters. The van der Waals surface area contributed by atoms with E-state index in [0.29, 0.717) is 33.5 Å². The fourth-order valence-corrected chi connectivity index (χ4v) is 5.88. The summed E-state index contributed by atoms with van der Waals surface area (Å²) < 4.78 is 0. The summed E-state index contributed by atoms with van der Waals surface area (Å²) in [5.41, 5.74) is 2.84. The fraction of sp³-hybridized carbons (Fsp3) is 0.351. The molecule has 3 aromatic carbocycles. The van der Waals surface area contributed by atoms with Gasteiger partial charge in [0.25, 0.3) is 0 Å². The van der Waals surface area contributed by atoms with Gasteiger partial charge in [-0.1, -0.05) is 63.2 Å². The fourth-order valence-electron chi connectivity index (χ4n) is 5.88. The first-order valence-corrected chi connectivity index (χ1v) is 16.1. The molecule has 0 bridgehead atoms. The van der Waals surface area contributed by atoms with Crippen molar-refractivity contribution < 1.29 is 44.1 Å². The van der Waals surface area contributed by atoms with Crippen molar-refractivity contribution in [3.8, 4) is 5.75 Å². The Bertz CT molecular complexity index is 1780. The topological polar surface area (TPSA) is 202 Å². The SMILES string of the molecule is CC(=O)N1Cc2cc(NC(=O)Cc3ccc(O)cc3)ccc2C1C(=O)NC(Cc1ccccc1CC(NC(=O)CC(C)(C)C)C(=O)O)C(=O)O. The number of anilines is 1. The molecule has 4 amide bonds. The number of hydrogen-bond donors (Lipinski definition) is 6. The maximum Gasteiger partial charge on any atom is 0.326 e. The first-order valence-electron chi connectivity index (χ1n) is 16.1. The highest BCUT2D eigenvalue weighted by atomic mass is 16.4. The van der Waals surface area contributed by atoms with Crippen LogP contribution in [0.3, 0.4) is 0 Å². The number of nitrogens with zero attached hydrogens (tertiary/aromatic N) is 1. The van der Waals surface area contributed by atoms with Crippen LogP contribution in [0.25, 0.3) is 0 Å². The van der Waals surface area contributed by atoms with Crippen molar-refractivity contribution in [1.29, 1.82) is 0 Å². The zero-order valence-corrected chi connectivity index (χ0v) is 28.4. The van der Waals surface area contributed by atoms with Crippen molar-refractivity contribution in [3.05, 3.63) is 94.5 Å². The number of hydrogen-bond acceptors (Lipinski definition) is 7. The van der Waals surface area contributed by atoms with Gasteiger partial charge in [0.05, 0.1) is 6.42 Å². The Kier molecular flexibility index (Phi) is 11.6. The van der Waals surface area contributed by atoms with E-state index in [0.717, 1.165) is 0 Å². The molecule has 264 valence electrons. The Morgan fingerprint density at radius 1 is 0.820 bits per heavy atom. The molecule has 13 heteroatoms. The molecule has 1 aliphatic rings. The van der Waals surface area contributed by atoms with E-state index in [9.17, 15) is 44.1 Å². The normalized spacial score (nSPS) is 15.0. The molecule has 0 aliphatic carbocycles. The number of phenols is 1. The van der Waals surface area contributed by atoms with E-state index in [1.807, 2.05) is 20.8 Å². The third-order valence-electron chi connectivity index (χ3n) is 8.23. The monoisotopic (exact) mass is 686 g/mol. The lowest BCUT2D eigenvalue weighted by molar-refractivity contribution is -0.144. The van der Waals surface area contributed by atoms with Crippen LogP contribution < -0.4 is 16.0 Å². The smallest absolute Gasteiger partial charge is 0.326 e. The van der Waals surface area contributed by atoms with Crippen LogP contribution in [0, 0.1) is 5.41 Å². The largest absolute Gasteiger partial charge is 0.508 e. The molecule has 3 aromatic rings. The minimum Gasteiger partial charge on any atom is -0.508 e. The number of carbonyl (C=O) groups is 6. The van der Waals surface area contributed by atoms with Crippen molar-refractivity contribution in [1.82, 2.24) is 15.5 Å². The highest BCUT2D eigenvalue weighted by Gasteiger charge is 2.39. The molecule has 3 atom stereocenters. The number of carboxylic acids is 2. The highest BCUT2D eigenvalue weighted by molar-refractivity contribution is 5.94. The molecule has 1 heterocycles. The molecule has 0 fully saturated rings. The number of aromatic hydroxyl groups is 1. The maximum absolute atomic E-state index is 13.7. The summed E-state index contributed by atoms with van der Waals surface area (Å²) in [7, 11) is 0. The van der Waals surface area contributed by atoms with Crippen molar-refractivity contribution in [2.45, 2.75) is 78.0 Å². The van der Waals surface area contributed by atoms with Crippen molar-refractivity contribution in [3.63, 3.8) is 0 Å². The van der Waals surface area contributed by atoms with Gasteiger partial charge >= 0.3 is 11.9 Å². The van der Waals surface area contributed by atoms with Gasteiger partial charge in [-0.15, -0.1) is 0 Å². The van der Waals surface area contributed by atoms with E-state index in [-0.39, 0.29) is 49.3 Å². The summed E-state index contributed by atoms with van der Waals surface area (Å²) in [6.45, 7) is 6.94. The average molecular weight is 687 g/mol. The van der Waals surface area contributed by atoms with Crippen LogP contribution in [0.4, 0.5) is 5.69 Å². The van der Waals surface area contributed by atoms with Gasteiger partial charge in [-0.05, 0) is 57.5 Å². The van der Waals surface area contributed by atoms with Gasteiger partial charge in [-0.3, -0.25) is 19.2 Å². The molecule has 4 rings (SSSR count). The molecule has 13 nitrogen and oxygen atoms in total. The van der Waals surface area contributed by atoms with Crippen LogP contribution in [-0.2, 0) is 54.6 Å². The molecule has 1 aliphatic heterocycles. The molecule has 0 radical (unpaired) electrons. The van der Waals surface area contributed by atoms with E-state index in [1.165, 1.54) is 24.0 Å². The van der Waals surface area contributed by atoms with E-state index < -0.39 is 47.8 Å². The number of nitrogens with one attached hydrogen (secondary N) is 3. The van der Waals surface area contributed by atoms with Gasteiger partial charge < -0.3 is 36.2 Å². The predicted octanol–water partition coefficient (Wildman–Crippen LogP) is 3.34. The van der Waals surface area contributed by atoms with Crippen LogP contribution in [0.2, 0.25) is 0 Å². The molecule has 0 aromatic heterocycles. The van der Waals surface area contributed by atoms with Crippen molar-refractivity contribution >= 4 is 41.3 Å².